The maximum atomic E-state index is 12.6. The van der Waals surface area contributed by atoms with Gasteiger partial charge in [0.25, 0.3) is 0 Å². The van der Waals surface area contributed by atoms with Crippen LogP contribution in [-0.2, 0) is 14.8 Å². The number of aliphatic hydroxyl groups is 1. The highest BCUT2D eigenvalue weighted by Crippen LogP contribution is 2.37. The predicted molar refractivity (Wildman–Crippen MR) is 133 cm³/mol. The largest absolute Gasteiger partial charge is 0.477 e. The number of carbonyl (C=O) groups is 2. The van der Waals surface area contributed by atoms with E-state index in [2.05, 4.69) is 29.5 Å². The molecule has 3 rings (SSSR count). The Balaban J connectivity index is 1.60. The molecule has 0 spiro atoms. The molecule has 2 aromatic rings. The lowest BCUT2D eigenvalue weighted by atomic mass is 10.0. The standard InChI is InChI=1S/C24H30INO4S/c1-2-3-4-16-24(25,30)17-8-10-19(11-9-17)26-18(12-15-22(26)27)6-5-7-20-13-14-21(31-20)23(28)29/h8-11,13-14,18,30H,2-7,12,15-16H2,1H3,(H,28,29)/t18?,24-/m1/s1. The van der Waals surface area contributed by atoms with E-state index in [1.54, 1.807) is 6.07 Å². The number of hydrogen-bond donors (Lipinski definition) is 2. The van der Waals surface area contributed by atoms with Crippen LogP contribution in [-0.4, -0.2) is 28.1 Å². The van der Waals surface area contributed by atoms with Crippen molar-refractivity contribution in [1.82, 2.24) is 0 Å². The van der Waals surface area contributed by atoms with Gasteiger partial charge in [0.15, 0.2) is 0 Å². The molecule has 1 amide bonds. The molecule has 2 heterocycles. The van der Waals surface area contributed by atoms with Gasteiger partial charge in [-0.25, -0.2) is 4.79 Å². The molecule has 31 heavy (non-hydrogen) atoms. The molecular formula is C24H30INO4S. The molecule has 5 nitrogen and oxygen atoms in total. The third kappa shape index (κ3) is 6.29. The summed E-state index contributed by atoms with van der Waals surface area (Å²) in [7, 11) is 0. The Hall–Kier alpha value is -1.45. The number of unbranched alkanes of at least 4 members (excludes halogenated alkanes) is 2. The number of thiophene rings is 1. The number of benzene rings is 1. The van der Waals surface area contributed by atoms with Crippen LogP contribution in [0.1, 0.15) is 78.4 Å². The van der Waals surface area contributed by atoms with Gasteiger partial charge in [0, 0.05) is 23.0 Å². The molecule has 0 saturated carbocycles. The zero-order valence-electron chi connectivity index (χ0n) is 17.8. The normalized spacial score (nSPS) is 18.4. The van der Waals surface area contributed by atoms with Crippen molar-refractivity contribution in [2.75, 3.05) is 4.90 Å². The molecular weight excluding hydrogens is 525 g/mol. The summed E-state index contributed by atoms with van der Waals surface area (Å²) in [5.74, 6) is -0.731. The van der Waals surface area contributed by atoms with Crippen LogP contribution in [0, 0.1) is 0 Å². The van der Waals surface area contributed by atoms with Crippen molar-refractivity contribution in [2.24, 2.45) is 0 Å². The van der Waals surface area contributed by atoms with Crippen LogP contribution in [0.3, 0.4) is 0 Å². The monoisotopic (exact) mass is 555 g/mol. The average molecular weight is 555 g/mol. The number of hydrogen-bond acceptors (Lipinski definition) is 4. The summed E-state index contributed by atoms with van der Waals surface area (Å²) in [5.41, 5.74) is 1.77. The Bertz CT molecular complexity index is 893. The van der Waals surface area contributed by atoms with Crippen LogP contribution >= 0.6 is 33.9 Å². The molecule has 0 radical (unpaired) electrons. The number of aromatic carboxylic acids is 1. The predicted octanol–water partition coefficient (Wildman–Crippen LogP) is 6.13. The van der Waals surface area contributed by atoms with Gasteiger partial charge >= 0.3 is 5.97 Å². The van der Waals surface area contributed by atoms with E-state index < -0.39 is 9.58 Å². The highest BCUT2D eigenvalue weighted by Gasteiger charge is 2.32. The molecule has 1 aliphatic heterocycles. The Kier molecular flexibility index (Phi) is 8.52. The van der Waals surface area contributed by atoms with E-state index in [9.17, 15) is 14.7 Å². The van der Waals surface area contributed by atoms with E-state index in [1.807, 2.05) is 35.2 Å². The van der Waals surface area contributed by atoms with E-state index in [0.29, 0.717) is 11.3 Å². The van der Waals surface area contributed by atoms with E-state index in [4.69, 9.17) is 5.11 Å². The average Bonchev–Trinajstić information content (AvgIpc) is 3.35. The van der Waals surface area contributed by atoms with Crippen LogP contribution < -0.4 is 4.90 Å². The SMILES string of the molecule is CCCCC[C@](O)(I)c1ccc(N2C(=O)CCC2CCCc2ccc(C(=O)O)s2)cc1. The van der Waals surface area contributed by atoms with E-state index >= 15 is 0 Å². The Morgan fingerprint density at radius 1 is 1.19 bits per heavy atom. The Morgan fingerprint density at radius 2 is 1.94 bits per heavy atom. The quantitative estimate of drug-likeness (QED) is 0.199. The van der Waals surface area contributed by atoms with Gasteiger partial charge in [0.05, 0.1) is 0 Å². The summed E-state index contributed by atoms with van der Waals surface area (Å²) in [4.78, 5) is 27.0. The minimum Gasteiger partial charge on any atom is -0.477 e. The highest BCUT2D eigenvalue weighted by atomic mass is 127. The topological polar surface area (TPSA) is 77.8 Å². The molecule has 1 unspecified atom stereocenters. The minimum atomic E-state index is -0.880. The van der Waals surface area contributed by atoms with E-state index in [0.717, 1.165) is 67.5 Å². The molecule has 2 N–H and O–H groups in total. The zero-order valence-corrected chi connectivity index (χ0v) is 20.8. The van der Waals surface area contributed by atoms with Crippen molar-refractivity contribution in [2.45, 2.75) is 74.4 Å². The lowest BCUT2D eigenvalue weighted by molar-refractivity contribution is -0.117. The smallest absolute Gasteiger partial charge is 0.345 e. The summed E-state index contributed by atoms with van der Waals surface area (Å²) < 4.78 is -0.880. The van der Waals surface area contributed by atoms with E-state index in [-0.39, 0.29) is 11.9 Å². The molecule has 7 heteroatoms. The Morgan fingerprint density at radius 3 is 2.58 bits per heavy atom. The third-order valence-corrected chi connectivity index (χ3v) is 8.15. The number of aryl methyl sites for hydroxylation is 1. The van der Waals surface area contributed by atoms with Crippen molar-refractivity contribution >= 4 is 51.5 Å². The number of carbonyl (C=O) groups excluding carboxylic acids is 1. The summed E-state index contributed by atoms with van der Waals surface area (Å²) in [6, 6.07) is 11.5. The second-order valence-electron chi connectivity index (χ2n) is 8.18. The number of rotatable bonds is 11. The van der Waals surface area contributed by atoms with Crippen molar-refractivity contribution in [1.29, 1.82) is 0 Å². The number of halogens is 1. The van der Waals surface area contributed by atoms with Gasteiger partial charge in [-0.1, -0.05) is 31.9 Å². The third-order valence-electron chi connectivity index (χ3n) is 5.86. The Labute approximate surface area is 201 Å². The summed E-state index contributed by atoms with van der Waals surface area (Å²) in [6.07, 6.45) is 7.97. The lowest BCUT2D eigenvalue weighted by Gasteiger charge is -2.27. The van der Waals surface area contributed by atoms with Crippen LogP contribution in [0.2, 0.25) is 0 Å². The van der Waals surface area contributed by atoms with Crippen molar-refractivity contribution in [3.05, 3.63) is 51.7 Å². The first kappa shape index (κ1) is 24.2. The van der Waals surface area contributed by atoms with E-state index in [1.165, 1.54) is 11.3 Å². The molecule has 2 atom stereocenters. The van der Waals surface area contributed by atoms with Crippen LogP contribution in [0.15, 0.2) is 36.4 Å². The number of anilines is 1. The summed E-state index contributed by atoms with van der Waals surface area (Å²) in [6.45, 7) is 2.15. The lowest BCUT2D eigenvalue weighted by Crippen LogP contribution is -2.33. The van der Waals surface area contributed by atoms with Crippen LogP contribution in [0.4, 0.5) is 5.69 Å². The fourth-order valence-electron chi connectivity index (χ4n) is 4.14. The first-order valence-corrected chi connectivity index (χ1v) is 12.9. The molecule has 0 bridgehead atoms. The van der Waals surface area contributed by atoms with Gasteiger partial charge in [-0.05, 0) is 90.9 Å². The molecule has 1 aromatic heterocycles. The number of amides is 1. The second kappa shape index (κ2) is 10.9. The number of nitrogens with zero attached hydrogens (tertiary/aromatic N) is 1. The molecule has 1 fully saturated rings. The summed E-state index contributed by atoms with van der Waals surface area (Å²) >= 11 is 3.45. The highest BCUT2D eigenvalue weighted by molar-refractivity contribution is 14.1. The molecule has 1 saturated heterocycles. The van der Waals surface area contributed by atoms with Crippen LogP contribution in [0.25, 0.3) is 0 Å². The van der Waals surface area contributed by atoms with Gasteiger partial charge in [0.1, 0.15) is 8.48 Å². The molecule has 1 aromatic carbocycles. The fourth-order valence-corrected chi connectivity index (χ4v) is 5.77. The molecule has 1 aliphatic rings. The zero-order chi connectivity index (χ0) is 22.4. The maximum Gasteiger partial charge on any atom is 0.345 e. The number of carboxylic acid groups (broad SMARTS) is 1. The number of carboxylic acids is 1. The van der Waals surface area contributed by atoms with Crippen molar-refractivity contribution < 1.29 is 19.8 Å². The first-order chi connectivity index (χ1) is 14.8. The van der Waals surface area contributed by atoms with Crippen molar-refractivity contribution in [3.8, 4) is 0 Å². The van der Waals surface area contributed by atoms with Gasteiger partial charge in [-0.15, -0.1) is 11.3 Å². The molecule has 0 aliphatic carbocycles. The molecule has 168 valence electrons. The number of alkyl halides is 1. The van der Waals surface area contributed by atoms with Gasteiger partial charge in [-0.3, -0.25) is 4.79 Å². The van der Waals surface area contributed by atoms with Crippen LogP contribution in [0.5, 0.6) is 0 Å². The van der Waals surface area contributed by atoms with Crippen molar-refractivity contribution in [3.63, 3.8) is 0 Å². The fraction of sp³-hybridized carbons (Fsp3) is 0.500. The van der Waals surface area contributed by atoms with Gasteiger partial charge in [0.2, 0.25) is 5.91 Å². The van der Waals surface area contributed by atoms with Gasteiger partial charge < -0.3 is 15.1 Å². The first-order valence-electron chi connectivity index (χ1n) is 11.0. The summed E-state index contributed by atoms with van der Waals surface area (Å²) in [5, 5.41) is 19.9. The minimum absolute atomic E-state index is 0.148. The van der Waals surface area contributed by atoms with Gasteiger partial charge in [-0.2, -0.15) is 0 Å². The second-order valence-corrected chi connectivity index (χ2v) is 11.1. The maximum absolute atomic E-state index is 12.6.